The summed E-state index contributed by atoms with van der Waals surface area (Å²) in [7, 11) is 0. The first-order valence-electron chi connectivity index (χ1n) is 3.42. The molecule has 2 nitrogen and oxygen atoms in total. The number of hydrogen-bond donors (Lipinski definition) is 2. The van der Waals surface area contributed by atoms with Crippen LogP contribution >= 0.6 is 0 Å². The monoisotopic (exact) mass is 154 g/mol. The first kappa shape index (κ1) is 8.01. The van der Waals surface area contributed by atoms with Gasteiger partial charge in [-0.05, 0) is 13.0 Å². The van der Waals surface area contributed by atoms with Gasteiger partial charge in [0, 0.05) is 11.6 Å². The van der Waals surface area contributed by atoms with E-state index < -0.39 is 5.82 Å². The molecule has 0 fully saturated rings. The van der Waals surface area contributed by atoms with Crippen LogP contribution < -0.4 is 11.5 Å². The zero-order chi connectivity index (χ0) is 8.43. The van der Waals surface area contributed by atoms with E-state index in [9.17, 15) is 4.39 Å². The Hall–Kier alpha value is -1.09. The number of anilines is 1. The van der Waals surface area contributed by atoms with E-state index in [1.807, 2.05) is 0 Å². The molecule has 1 aromatic rings. The predicted octanol–water partition coefficient (Wildman–Crippen LogP) is 1.43. The van der Waals surface area contributed by atoms with E-state index in [2.05, 4.69) is 0 Å². The second-order valence-electron chi connectivity index (χ2n) is 2.54. The summed E-state index contributed by atoms with van der Waals surface area (Å²) >= 11 is 0. The van der Waals surface area contributed by atoms with Crippen molar-refractivity contribution in [3.8, 4) is 0 Å². The lowest BCUT2D eigenvalue weighted by molar-refractivity contribution is 0.598. The minimum absolute atomic E-state index is 0.153. The van der Waals surface area contributed by atoms with Crippen LogP contribution in [0.3, 0.4) is 0 Å². The molecule has 0 aliphatic carbocycles. The Morgan fingerprint density at radius 2 is 2.09 bits per heavy atom. The van der Waals surface area contributed by atoms with E-state index in [4.69, 9.17) is 11.5 Å². The Balaban J connectivity index is 3.17. The molecule has 0 spiro atoms. The molecule has 0 heterocycles. The second-order valence-corrected chi connectivity index (χ2v) is 2.54. The van der Waals surface area contributed by atoms with Gasteiger partial charge in [-0.25, -0.2) is 4.39 Å². The second kappa shape index (κ2) is 2.88. The van der Waals surface area contributed by atoms with Gasteiger partial charge in [0.2, 0.25) is 0 Å². The summed E-state index contributed by atoms with van der Waals surface area (Å²) in [5.41, 5.74) is 11.4. The van der Waals surface area contributed by atoms with Gasteiger partial charge in [-0.2, -0.15) is 0 Å². The number of rotatable bonds is 1. The fraction of sp³-hybridized carbons (Fsp3) is 0.250. The van der Waals surface area contributed by atoms with Gasteiger partial charge in [-0.1, -0.05) is 12.1 Å². The van der Waals surface area contributed by atoms with Crippen molar-refractivity contribution in [3.05, 3.63) is 29.6 Å². The summed E-state index contributed by atoms with van der Waals surface area (Å²) in [6.45, 7) is 1.72. The fourth-order valence-corrected chi connectivity index (χ4v) is 0.920. The molecule has 1 aromatic carbocycles. The smallest absolute Gasteiger partial charge is 0.150 e. The Morgan fingerprint density at radius 3 is 2.55 bits per heavy atom. The van der Waals surface area contributed by atoms with Crippen LogP contribution in [0.2, 0.25) is 0 Å². The van der Waals surface area contributed by atoms with Gasteiger partial charge in [0.1, 0.15) is 0 Å². The average molecular weight is 154 g/mol. The van der Waals surface area contributed by atoms with Crippen molar-refractivity contribution in [1.29, 1.82) is 0 Å². The third-order valence-corrected chi connectivity index (χ3v) is 1.55. The summed E-state index contributed by atoms with van der Waals surface area (Å²) in [6, 6.07) is 4.54. The van der Waals surface area contributed by atoms with Crippen molar-refractivity contribution < 1.29 is 4.39 Å². The van der Waals surface area contributed by atoms with Crippen LogP contribution in [0, 0.1) is 5.82 Å². The minimum Gasteiger partial charge on any atom is -0.396 e. The first-order chi connectivity index (χ1) is 5.13. The molecule has 0 aliphatic rings. The summed E-state index contributed by atoms with van der Waals surface area (Å²) < 4.78 is 13.0. The Bertz CT molecular complexity index is 258. The third kappa shape index (κ3) is 1.49. The lowest BCUT2D eigenvalue weighted by Gasteiger charge is -2.07. The minimum atomic E-state index is -0.400. The molecule has 11 heavy (non-hydrogen) atoms. The zero-order valence-electron chi connectivity index (χ0n) is 6.34. The first-order valence-corrected chi connectivity index (χ1v) is 3.42. The van der Waals surface area contributed by atoms with Crippen LogP contribution in [0.4, 0.5) is 10.1 Å². The molecule has 4 N–H and O–H groups in total. The van der Waals surface area contributed by atoms with Gasteiger partial charge in [-0.15, -0.1) is 0 Å². The number of benzene rings is 1. The molecule has 60 valence electrons. The lowest BCUT2D eigenvalue weighted by atomic mass is 10.1. The maximum Gasteiger partial charge on any atom is 0.150 e. The molecule has 0 aromatic heterocycles. The van der Waals surface area contributed by atoms with E-state index in [0.29, 0.717) is 5.56 Å². The third-order valence-electron chi connectivity index (χ3n) is 1.55. The van der Waals surface area contributed by atoms with Crippen LogP contribution in [0.15, 0.2) is 18.2 Å². The number of nitrogen functional groups attached to an aromatic ring is 1. The molecule has 1 unspecified atom stereocenters. The molecule has 1 rings (SSSR count). The average Bonchev–Trinajstić information content (AvgIpc) is 1.94. The predicted molar refractivity (Wildman–Crippen MR) is 43.4 cm³/mol. The zero-order valence-corrected chi connectivity index (χ0v) is 6.34. The molecule has 3 heteroatoms. The topological polar surface area (TPSA) is 52.0 Å². The highest BCUT2D eigenvalue weighted by Crippen LogP contribution is 2.18. The highest BCUT2D eigenvalue weighted by atomic mass is 19.1. The summed E-state index contributed by atoms with van der Waals surface area (Å²) in [5.74, 6) is -0.400. The van der Waals surface area contributed by atoms with Gasteiger partial charge in [-0.3, -0.25) is 0 Å². The Labute approximate surface area is 65.0 Å². The van der Waals surface area contributed by atoms with E-state index >= 15 is 0 Å². The summed E-state index contributed by atoms with van der Waals surface area (Å²) in [6.07, 6.45) is 0. The Kier molecular flexibility index (Phi) is 2.10. The van der Waals surface area contributed by atoms with Gasteiger partial charge < -0.3 is 11.5 Å². The van der Waals surface area contributed by atoms with Crippen molar-refractivity contribution >= 4 is 5.69 Å². The maximum atomic E-state index is 13.0. The molecule has 0 saturated heterocycles. The molecular formula is C8H11FN2. The van der Waals surface area contributed by atoms with Crippen molar-refractivity contribution in [2.24, 2.45) is 5.73 Å². The van der Waals surface area contributed by atoms with Crippen molar-refractivity contribution in [2.75, 3.05) is 5.73 Å². The SMILES string of the molecule is CC(N)c1cccc(N)c1F. The number of hydrogen-bond acceptors (Lipinski definition) is 2. The van der Waals surface area contributed by atoms with Crippen molar-refractivity contribution in [3.63, 3.8) is 0 Å². The number of nitrogens with two attached hydrogens (primary N) is 2. The lowest BCUT2D eigenvalue weighted by Crippen LogP contribution is -2.08. The maximum absolute atomic E-state index is 13.0. The van der Waals surface area contributed by atoms with E-state index in [1.54, 1.807) is 19.1 Å². The van der Waals surface area contributed by atoms with Gasteiger partial charge in [0.15, 0.2) is 5.82 Å². The normalized spacial score (nSPS) is 13.0. The standard InChI is InChI=1S/C8H11FN2/c1-5(10)6-3-2-4-7(11)8(6)9/h2-5H,10-11H2,1H3. The molecule has 0 aliphatic heterocycles. The quantitative estimate of drug-likeness (QED) is 0.601. The molecule has 0 radical (unpaired) electrons. The largest absolute Gasteiger partial charge is 0.396 e. The van der Waals surface area contributed by atoms with Crippen LogP contribution in [-0.2, 0) is 0 Å². The van der Waals surface area contributed by atoms with Crippen LogP contribution in [0.5, 0.6) is 0 Å². The van der Waals surface area contributed by atoms with Gasteiger partial charge in [0.25, 0.3) is 0 Å². The van der Waals surface area contributed by atoms with Crippen molar-refractivity contribution in [1.82, 2.24) is 0 Å². The summed E-state index contributed by atoms with van der Waals surface area (Å²) in [4.78, 5) is 0. The molecule has 1 atom stereocenters. The van der Waals surface area contributed by atoms with Gasteiger partial charge >= 0.3 is 0 Å². The highest BCUT2D eigenvalue weighted by Gasteiger charge is 2.07. The van der Waals surface area contributed by atoms with Crippen LogP contribution in [0.25, 0.3) is 0 Å². The van der Waals surface area contributed by atoms with E-state index in [0.717, 1.165) is 0 Å². The van der Waals surface area contributed by atoms with Crippen molar-refractivity contribution in [2.45, 2.75) is 13.0 Å². The summed E-state index contributed by atoms with van der Waals surface area (Å²) in [5, 5.41) is 0. The molecular weight excluding hydrogens is 143 g/mol. The van der Waals surface area contributed by atoms with Crippen LogP contribution in [0.1, 0.15) is 18.5 Å². The molecule has 0 bridgehead atoms. The highest BCUT2D eigenvalue weighted by molar-refractivity contribution is 5.43. The molecule has 0 saturated carbocycles. The molecule has 0 amide bonds. The van der Waals surface area contributed by atoms with Gasteiger partial charge in [0.05, 0.1) is 5.69 Å². The van der Waals surface area contributed by atoms with E-state index in [1.165, 1.54) is 6.07 Å². The fourth-order valence-electron chi connectivity index (χ4n) is 0.920. The van der Waals surface area contributed by atoms with E-state index in [-0.39, 0.29) is 11.7 Å². The Morgan fingerprint density at radius 1 is 1.45 bits per heavy atom. The number of halogens is 1. The van der Waals surface area contributed by atoms with Crippen LogP contribution in [-0.4, -0.2) is 0 Å².